The van der Waals surface area contributed by atoms with Crippen LogP contribution in [0.25, 0.3) is 0 Å². The molecule has 0 heterocycles. The number of benzene rings is 3. The van der Waals surface area contributed by atoms with Crippen molar-refractivity contribution in [3.05, 3.63) is 89.7 Å². The van der Waals surface area contributed by atoms with Crippen molar-refractivity contribution >= 4 is 27.5 Å². The van der Waals surface area contributed by atoms with E-state index in [1.54, 1.807) is 6.92 Å². The van der Waals surface area contributed by atoms with Gasteiger partial charge in [-0.25, -0.2) is 12.8 Å². The van der Waals surface area contributed by atoms with Gasteiger partial charge in [0.15, 0.2) is 0 Å². The summed E-state index contributed by atoms with van der Waals surface area (Å²) in [4.78, 5) is 27.5. The molecule has 0 aliphatic heterocycles. The number of carbonyl (C=O) groups excluding carboxylic acids is 2. The van der Waals surface area contributed by atoms with Gasteiger partial charge in [-0.15, -0.1) is 0 Å². The highest BCUT2D eigenvalue weighted by Crippen LogP contribution is 2.26. The van der Waals surface area contributed by atoms with E-state index in [9.17, 15) is 22.4 Å². The van der Waals surface area contributed by atoms with Gasteiger partial charge in [0.2, 0.25) is 11.8 Å². The molecule has 3 aromatic rings. The van der Waals surface area contributed by atoms with Crippen molar-refractivity contribution in [1.82, 2.24) is 10.2 Å². The summed E-state index contributed by atoms with van der Waals surface area (Å²) in [5.74, 6) is -1.04. The number of carbonyl (C=O) groups is 2. The number of hydrogen-bond donors (Lipinski definition) is 1. The van der Waals surface area contributed by atoms with Gasteiger partial charge in [0, 0.05) is 13.6 Å². The number of sulfonamides is 1. The first-order chi connectivity index (χ1) is 18.1. The van der Waals surface area contributed by atoms with Crippen molar-refractivity contribution in [2.45, 2.75) is 38.3 Å². The van der Waals surface area contributed by atoms with Crippen molar-refractivity contribution in [2.75, 3.05) is 24.5 Å². The highest BCUT2D eigenvalue weighted by Gasteiger charge is 2.32. The Kier molecular flexibility index (Phi) is 9.46. The molecule has 1 N–H and O–H groups in total. The molecular weight excluding hydrogens is 509 g/mol. The van der Waals surface area contributed by atoms with Gasteiger partial charge in [-0.1, -0.05) is 29.8 Å². The molecule has 0 saturated heterocycles. The van der Waals surface area contributed by atoms with Crippen LogP contribution in [-0.4, -0.2) is 51.4 Å². The van der Waals surface area contributed by atoms with Crippen LogP contribution in [0.3, 0.4) is 0 Å². The Balaban J connectivity index is 2.01. The summed E-state index contributed by atoms with van der Waals surface area (Å²) in [6.07, 6.45) is 0. The van der Waals surface area contributed by atoms with Gasteiger partial charge in [0.05, 0.1) is 17.2 Å². The molecule has 0 aromatic heterocycles. The lowest BCUT2D eigenvalue weighted by Gasteiger charge is -2.31. The Bertz CT molecular complexity index is 1360. The normalized spacial score (nSPS) is 11.9. The number of aryl methyl sites for hydroxylation is 1. The number of nitrogens with one attached hydrogen (secondary N) is 1. The second kappa shape index (κ2) is 12.6. The minimum atomic E-state index is -4.25. The monoisotopic (exact) mass is 541 g/mol. The van der Waals surface area contributed by atoms with Crippen molar-refractivity contribution in [2.24, 2.45) is 0 Å². The topological polar surface area (TPSA) is 96.0 Å². The van der Waals surface area contributed by atoms with Crippen molar-refractivity contribution < 1.29 is 27.1 Å². The Hall–Kier alpha value is -3.92. The van der Waals surface area contributed by atoms with Gasteiger partial charge in [0.1, 0.15) is 24.2 Å². The molecule has 10 heteroatoms. The fourth-order valence-corrected chi connectivity index (χ4v) is 5.35. The van der Waals surface area contributed by atoms with E-state index in [1.165, 1.54) is 48.3 Å². The van der Waals surface area contributed by atoms with Gasteiger partial charge < -0.3 is 15.0 Å². The minimum absolute atomic E-state index is 0.0670. The third-order valence-corrected chi connectivity index (χ3v) is 7.75. The number of likely N-dealkylation sites (N-methyl/N-ethyl adjacent to an activating group) is 1. The minimum Gasteiger partial charge on any atom is -0.494 e. The largest absolute Gasteiger partial charge is 0.494 e. The molecule has 3 aromatic carbocycles. The summed E-state index contributed by atoms with van der Waals surface area (Å²) in [6.45, 7) is 5.22. The van der Waals surface area contributed by atoms with E-state index in [1.807, 2.05) is 38.1 Å². The van der Waals surface area contributed by atoms with Gasteiger partial charge >= 0.3 is 0 Å². The number of rotatable bonds is 11. The van der Waals surface area contributed by atoms with Crippen molar-refractivity contribution in [3.63, 3.8) is 0 Å². The molecular formula is C28H32FN3O5S. The maximum Gasteiger partial charge on any atom is 0.264 e. The molecule has 0 unspecified atom stereocenters. The number of ether oxygens (including phenoxy) is 1. The summed E-state index contributed by atoms with van der Waals surface area (Å²) in [5.41, 5.74) is 1.88. The SMILES string of the molecule is CCOc1ccc(S(=O)(=O)N(CC(=O)N(Cc2cccc(C)c2)[C@@H](C)C(=O)NC)c2ccc(F)cc2)cc1. The average Bonchev–Trinajstić information content (AvgIpc) is 2.90. The quantitative estimate of drug-likeness (QED) is 0.397. The van der Waals surface area contributed by atoms with E-state index in [0.717, 1.165) is 27.6 Å². The summed E-state index contributed by atoms with van der Waals surface area (Å²) < 4.78 is 47.5. The first-order valence-corrected chi connectivity index (χ1v) is 13.6. The average molecular weight is 542 g/mol. The second-order valence-corrected chi connectivity index (χ2v) is 10.6. The molecule has 1 atom stereocenters. The molecule has 0 bridgehead atoms. The summed E-state index contributed by atoms with van der Waals surface area (Å²) in [5, 5.41) is 2.54. The Morgan fingerprint density at radius 1 is 1.03 bits per heavy atom. The maximum absolute atomic E-state index is 13.7. The number of halogens is 1. The van der Waals surface area contributed by atoms with E-state index >= 15 is 0 Å². The van der Waals surface area contributed by atoms with Crippen LogP contribution in [0, 0.1) is 12.7 Å². The highest BCUT2D eigenvalue weighted by molar-refractivity contribution is 7.92. The fourth-order valence-electron chi connectivity index (χ4n) is 3.94. The van der Waals surface area contributed by atoms with Gasteiger partial charge in [-0.3, -0.25) is 13.9 Å². The number of anilines is 1. The van der Waals surface area contributed by atoms with Crippen LogP contribution in [-0.2, 0) is 26.2 Å². The molecule has 0 fully saturated rings. The molecule has 8 nitrogen and oxygen atoms in total. The first-order valence-electron chi connectivity index (χ1n) is 12.1. The van der Waals surface area contributed by atoms with Crippen LogP contribution in [0.15, 0.2) is 77.7 Å². The van der Waals surface area contributed by atoms with Gasteiger partial charge in [-0.05, 0) is 74.9 Å². The number of amides is 2. The standard InChI is InChI=1S/C28H32FN3O5S/c1-5-37-25-13-15-26(16-14-25)38(35,36)32(24-11-9-23(29)10-12-24)19-27(33)31(21(3)28(34)30-4)18-22-8-6-7-20(2)17-22/h6-17,21H,5,18-19H2,1-4H3,(H,30,34)/t21-/m0/s1. The molecule has 2 amide bonds. The maximum atomic E-state index is 13.7. The zero-order chi connectivity index (χ0) is 27.9. The zero-order valence-electron chi connectivity index (χ0n) is 21.8. The molecule has 202 valence electrons. The van der Waals surface area contributed by atoms with Gasteiger partial charge in [0.25, 0.3) is 10.0 Å². The van der Waals surface area contributed by atoms with E-state index in [0.29, 0.717) is 12.4 Å². The molecule has 0 saturated carbocycles. The lowest BCUT2D eigenvalue weighted by molar-refractivity contribution is -0.139. The van der Waals surface area contributed by atoms with Crippen molar-refractivity contribution in [1.29, 1.82) is 0 Å². The predicted octanol–water partition coefficient (Wildman–Crippen LogP) is 3.89. The van der Waals surface area contributed by atoms with Crippen LogP contribution >= 0.6 is 0 Å². The molecule has 0 spiro atoms. The lowest BCUT2D eigenvalue weighted by atomic mass is 10.1. The Morgan fingerprint density at radius 3 is 2.26 bits per heavy atom. The van der Waals surface area contributed by atoms with Crippen LogP contribution in [0.2, 0.25) is 0 Å². The second-order valence-electron chi connectivity index (χ2n) is 8.69. The van der Waals surface area contributed by atoms with Crippen LogP contribution in [0.5, 0.6) is 5.75 Å². The third kappa shape index (κ3) is 6.89. The van der Waals surface area contributed by atoms with E-state index in [-0.39, 0.29) is 17.1 Å². The number of nitrogens with zero attached hydrogens (tertiary/aromatic N) is 2. The molecule has 0 aliphatic carbocycles. The summed E-state index contributed by atoms with van der Waals surface area (Å²) >= 11 is 0. The van der Waals surface area contributed by atoms with E-state index < -0.39 is 40.2 Å². The molecule has 3 rings (SSSR count). The predicted molar refractivity (Wildman–Crippen MR) is 144 cm³/mol. The zero-order valence-corrected chi connectivity index (χ0v) is 22.7. The summed E-state index contributed by atoms with van der Waals surface area (Å²) in [6, 6.07) is 17.3. The Labute approximate surface area is 223 Å². The first kappa shape index (κ1) is 28.6. The molecule has 0 radical (unpaired) electrons. The van der Waals surface area contributed by atoms with E-state index in [2.05, 4.69) is 5.32 Å². The van der Waals surface area contributed by atoms with Gasteiger partial charge in [-0.2, -0.15) is 0 Å². The summed E-state index contributed by atoms with van der Waals surface area (Å²) in [7, 11) is -2.78. The van der Waals surface area contributed by atoms with E-state index in [4.69, 9.17) is 4.74 Å². The lowest BCUT2D eigenvalue weighted by Crippen LogP contribution is -2.50. The van der Waals surface area contributed by atoms with Crippen LogP contribution < -0.4 is 14.4 Å². The fraction of sp³-hybridized carbons (Fsp3) is 0.286. The van der Waals surface area contributed by atoms with Crippen molar-refractivity contribution in [3.8, 4) is 5.75 Å². The molecule has 38 heavy (non-hydrogen) atoms. The third-order valence-electron chi connectivity index (χ3n) is 5.97. The van der Waals surface area contributed by atoms with Crippen LogP contribution in [0.4, 0.5) is 10.1 Å². The number of hydrogen-bond acceptors (Lipinski definition) is 5. The smallest absolute Gasteiger partial charge is 0.264 e. The van der Waals surface area contributed by atoms with Crippen LogP contribution in [0.1, 0.15) is 25.0 Å². The molecule has 0 aliphatic rings. The highest BCUT2D eigenvalue weighted by atomic mass is 32.2. The Morgan fingerprint density at radius 2 is 1.68 bits per heavy atom.